The summed E-state index contributed by atoms with van der Waals surface area (Å²) in [5.74, 6) is -0.177. The van der Waals surface area contributed by atoms with Crippen molar-refractivity contribution in [2.45, 2.75) is 39.2 Å². The summed E-state index contributed by atoms with van der Waals surface area (Å²) in [5, 5.41) is 3.58. The van der Waals surface area contributed by atoms with Crippen molar-refractivity contribution < 1.29 is 4.39 Å². The lowest BCUT2D eigenvalue weighted by Crippen LogP contribution is -2.37. The average Bonchev–Trinajstić information content (AvgIpc) is 2.46. The highest BCUT2D eigenvalue weighted by molar-refractivity contribution is 5.36. The lowest BCUT2D eigenvalue weighted by molar-refractivity contribution is 0.352. The van der Waals surface area contributed by atoms with Crippen LogP contribution in [0.3, 0.4) is 0 Å². The van der Waals surface area contributed by atoms with Gasteiger partial charge in [-0.15, -0.1) is 0 Å². The molecule has 0 spiro atoms. The largest absolute Gasteiger partial charge is 0.309 e. The maximum absolute atomic E-state index is 13.4. The fraction of sp³-hybridized carbons (Fsp3) is 0.368. The van der Waals surface area contributed by atoms with Crippen molar-refractivity contribution in [3.63, 3.8) is 0 Å². The van der Waals surface area contributed by atoms with Gasteiger partial charge < -0.3 is 5.32 Å². The number of benzene rings is 2. The molecule has 2 heteroatoms. The van der Waals surface area contributed by atoms with Gasteiger partial charge in [0.1, 0.15) is 5.82 Å². The van der Waals surface area contributed by atoms with Crippen molar-refractivity contribution in [1.82, 2.24) is 5.32 Å². The summed E-state index contributed by atoms with van der Waals surface area (Å²) in [4.78, 5) is 0. The minimum Gasteiger partial charge on any atom is -0.309 e. The van der Waals surface area contributed by atoms with Gasteiger partial charge in [-0.05, 0) is 42.3 Å². The Labute approximate surface area is 127 Å². The molecule has 2 rings (SSSR count). The number of likely N-dealkylation sites (N-methyl/N-ethyl adjacent to an activating group) is 1. The van der Waals surface area contributed by atoms with Crippen LogP contribution in [0.5, 0.6) is 0 Å². The summed E-state index contributed by atoms with van der Waals surface area (Å²) in [5.41, 5.74) is 3.34. The van der Waals surface area contributed by atoms with E-state index in [4.69, 9.17) is 0 Å². The van der Waals surface area contributed by atoms with E-state index < -0.39 is 0 Å². The molecule has 0 fully saturated rings. The number of nitrogens with one attached hydrogen (secondary N) is 1. The third kappa shape index (κ3) is 3.33. The van der Waals surface area contributed by atoms with Crippen LogP contribution in [0.1, 0.15) is 43.5 Å². The maximum atomic E-state index is 13.4. The van der Waals surface area contributed by atoms with E-state index in [2.05, 4.69) is 50.4 Å². The lowest BCUT2D eigenvalue weighted by atomic mass is 9.74. The highest BCUT2D eigenvalue weighted by Crippen LogP contribution is 2.38. The Morgan fingerprint density at radius 1 is 1.10 bits per heavy atom. The third-order valence-corrected chi connectivity index (χ3v) is 4.19. The van der Waals surface area contributed by atoms with E-state index in [1.807, 2.05) is 19.1 Å². The number of hydrogen-bond acceptors (Lipinski definition) is 1. The second-order valence-electron chi connectivity index (χ2n) is 6.08. The number of halogens is 1. The minimum atomic E-state index is -0.177. The molecule has 1 N–H and O–H groups in total. The molecule has 0 aliphatic heterocycles. The zero-order valence-electron chi connectivity index (χ0n) is 13.3. The summed E-state index contributed by atoms with van der Waals surface area (Å²) in [6.07, 6.45) is 0. The second-order valence-corrected chi connectivity index (χ2v) is 6.08. The van der Waals surface area contributed by atoms with Crippen LogP contribution < -0.4 is 5.32 Å². The average molecular weight is 285 g/mol. The molecule has 0 aromatic heterocycles. The first kappa shape index (κ1) is 15.7. The standard InChI is InChI=1S/C19H24FN/c1-5-21-18(17-12-11-16(20)13-14(17)2)19(3,4)15-9-7-6-8-10-15/h6-13,18,21H,5H2,1-4H3. The van der Waals surface area contributed by atoms with Gasteiger partial charge in [-0.3, -0.25) is 0 Å². The van der Waals surface area contributed by atoms with Crippen molar-refractivity contribution in [3.8, 4) is 0 Å². The van der Waals surface area contributed by atoms with Crippen LogP contribution in [0.4, 0.5) is 4.39 Å². The molecule has 0 saturated heterocycles. The molecular formula is C19H24FN. The zero-order valence-corrected chi connectivity index (χ0v) is 13.3. The summed E-state index contributed by atoms with van der Waals surface area (Å²) >= 11 is 0. The van der Waals surface area contributed by atoms with Crippen LogP contribution in [0, 0.1) is 12.7 Å². The van der Waals surface area contributed by atoms with E-state index in [0.29, 0.717) is 0 Å². The summed E-state index contributed by atoms with van der Waals surface area (Å²) in [6, 6.07) is 15.7. The Morgan fingerprint density at radius 3 is 2.33 bits per heavy atom. The van der Waals surface area contributed by atoms with Crippen LogP contribution in [0.15, 0.2) is 48.5 Å². The molecule has 0 saturated carbocycles. The van der Waals surface area contributed by atoms with E-state index >= 15 is 0 Å². The van der Waals surface area contributed by atoms with Crippen molar-refractivity contribution in [2.75, 3.05) is 6.54 Å². The van der Waals surface area contributed by atoms with Gasteiger partial charge in [0.15, 0.2) is 0 Å². The summed E-state index contributed by atoms with van der Waals surface area (Å²) in [7, 11) is 0. The van der Waals surface area contributed by atoms with Crippen LogP contribution in [0.2, 0.25) is 0 Å². The Bertz CT molecular complexity index is 590. The maximum Gasteiger partial charge on any atom is 0.123 e. The van der Waals surface area contributed by atoms with E-state index in [9.17, 15) is 4.39 Å². The SMILES string of the molecule is CCNC(c1ccc(F)cc1C)C(C)(C)c1ccccc1. The van der Waals surface area contributed by atoms with Crippen molar-refractivity contribution >= 4 is 0 Å². The molecule has 0 bridgehead atoms. The Kier molecular flexibility index (Phi) is 4.79. The number of hydrogen-bond donors (Lipinski definition) is 1. The van der Waals surface area contributed by atoms with E-state index in [1.54, 1.807) is 12.1 Å². The van der Waals surface area contributed by atoms with Gasteiger partial charge in [0.25, 0.3) is 0 Å². The molecule has 0 aliphatic carbocycles. The third-order valence-electron chi connectivity index (χ3n) is 4.19. The van der Waals surface area contributed by atoms with E-state index in [1.165, 1.54) is 5.56 Å². The monoisotopic (exact) mass is 285 g/mol. The minimum absolute atomic E-state index is 0.0835. The fourth-order valence-corrected chi connectivity index (χ4v) is 2.96. The quantitative estimate of drug-likeness (QED) is 0.835. The molecule has 1 nitrogen and oxygen atoms in total. The first-order valence-corrected chi connectivity index (χ1v) is 7.51. The summed E-state index contributed by atoms with van der Waals surface area (Å²) in [6.45, 7) is 9.42. The Balaban J connectivity index is 2.47. The van der Waals surface area contributed by atoms with Gasteiger partial charge >= 0.3 is 0 Å². The lowest BCUT2D eigenvalue weighted by Gasteiger charge is -2.37. The Hall–Kier alpha value is -1.67. The highest BCUT2D eigenvalue weighted by atomic mass is 19.1. The normalized spacial score (nSPS) is 13.2. The summed E-state index contributed by atoms with van der Waals surface area (Å²) < 4.78 is 13.4. The molecule has 0 amide bonds. The van der Waals surface area contributed by atoms with Crippen LogP contribution in [-0.2, 0) is 5.41 Å². The Morgan fingerprint density at radius 2 is 1.76 bits per heavy atom. The van der Waals surface area contributed by atoms with Gasteiger partial charge in [0.05, 0.1) is 0 Å². The van der Waals surface area contributed by atoms with Crippen LogP contribution in [-0.4, -0.2) is 6.54 Å². The number of aryl methyl sites for hydroxylation is 1. The van der Waals surface area contributed by atoms with Gasteiger partial charge in [-0.2, -0.15) is 0 Å². The molecule has 2 aromatic rings. The number of rotatable bonds is 5. The smallest absolute Gasteiger partial charge is 0.123 e. The second kappa shape index (κ2) is 6.40. The predicted octanol–water partition coefficient (Wildman–Crippen LogP) is 4.76. The first-order chi connectivity index (χ1) is 9.96. The predicted molar refractivity (Wildman–Crippen MR) is 87.0 cm³/mol. The molecule has 0 heterocycles. The van der Waals surface area contributed by atoms with Gasteiger partial charge in [0, 0.05) is 11.5 Å². The molecule has 2 aromatic carbocycles. The first-order valence-electron chi connectivity index (χ1n) is 7.51. The van der Waals surface area contributed by atoms with Gasteiger partial charge in [-0.25, -0.2) is 4.39 Å². The van der Waals surface area contributed by atoms with Gasteiger partial charge in [-0.1, -0.05) is 57.2 Å². The molecule has 21 heavy (non-hydrogen) atoms. The molecule has 112 valence electrons. The molecule has 1 unspecified atom stereocenters. The van der Waals surface area contributed by atoms with Crippen molar-refractivity contribution in [1.29, 1.82) is 0 Å². The van der Waals surface area contributed by atoms with Crippen molar-refractivity contribution in [3.05, 3.63) is 71.0 Å². The molecule has 0 aliphatic rings. The molecule has 0 radical (unpaired) electrons. The van der Waals surface area contributed by atoms with Crippen LogP contribution >= 0.6 is 0 Å². The van der Waals surface area contributed by atoms with E-state index in [-0.39, 0.29) is 17.3 Å². The van der Waals surface area contributed by atoms with Gasteiger partial charge in [0.2, 0.25) is 0 Å². The molecule has 1 atom stereocenters. The molecular weight excluding hydrogens is 261 g/mol. The van der Waals surface area contributed by atoms with Crippen molar-refractivity contribution in [2.24, 2.45) is 0 Å². The topological polar surface area (TPSA) is 12.0 Å². The fourth-order valence-electron chi connectivity index (χ4n) is 2.96. The highest BCUT2D eigenvalue weighted by Gasteiger charge is 2.32. The van der Waals surface area contributed by atoms with E-state index in [0.717, 1.165) is 17.7 Å². The van der Waals surface area contributed by atoms with Crippen LogP contribution in [0.25, 0.3) is 0 Å². The zero-order chi connectivity index (χ0) is 15.5.